The van der Waals surface area contributed by atoms with Gasteiger partial charge in [-0.05, 0) is 17.5 Å². The van der Waals surface area contributed by atoms with Crippen LogP contribution in [-0.4, -0.2) is 13.1 Å². The van der Waals surface area contributed by atoms with E-state index in [0.29, 0.717) is 0 Å². The van der Waals surface area contributed by atoms with Gasteiger partial charge in [-0.3, -0.25) is 0 Å². The van der Waals surface area contributed by atoms with E-state index in [1.807, 2.05) is 12.2 Å². The van der Waals surface area contributed by atoms with Gasteiger partial charge in [0, 0.05) is 13.1 Å². The van der Waals surface area contributed by atoms with E-state index in [1.165, 1.54) is 5.00 Å². The summed E-state index contributed by atoms with van der Waals surface area (Å²) in [5.74, 6) is 0. The highest BCUT2D eigenvalue weighted by Crippen LogP contribution is 2.20. The third-order valence-electron chi connectivity index (χ3n) is 1.52. The molecule has 0 amide bonds. The molecule has 0 N–H and O–H groups in total. The third-order valence-corrected chi connectivity index (χ3v) is 2.45. The molecule has 0 radical (unpaired) electrons. The highest BCUT2D eigenvalue weighted by Gasteiger charge is 2.01. The normalized spacial score (nSPS) is 9.33. The monoisotopic (exact) mass is 179 g/mol. The number of hydrogen-bond donors (Lipinski definition) is 0. The van der Waals surface area contributed by atoms with Gasteiger partial charge in [-0.1, -0.05) is 12.2 Å². The van der Waals surface area contributed by atoms with Gasteiger partial charge in [-0.2, -0.15) is 0 Å². The second-order valence-corrected chi connectivity index (χ2v) is 3.36. The zero-order valence-corrected chi connectivity index (χ0v) is 7.89. The first kappa shape index (κ1) is 9.07. The molecule has 0 saturated heterocycles. The Labute approximate surface area is 77.6 Å². The lowest BCUT2D eigenvalue weighted by Crippen LogP contribution is -2.21. The minimum atomic E-state index is 0.881. The predicted molar refractivity (Wildman–Crippen MR) is 56.9 cm³/mol. The Bertz CT molecular complexity index is 228. The highest BCUT2D eigenvalue weighted by molar-refractivity contribution is 7.14. The lowest BCUT2D eigenvalue weighted by molar-refractivity contribution is 0.971. The first-order valence-electron chi connectivity index (χ1n) is 3.88. The summed E-state index contributed by atoms with van der Waals surface area (Å²) in [7, 11) is 0. The summed E-state index contributed by atoms with van der Waals surface area (Å²) in [6.45, 7) is 9.21. The molecule has 1 aromatic heterocycles. The number of nitrogens with zero attached hydrogens (tertiary/aromatic N) is 1. The first-order valence-corrected chi connectivity index (χ1v) is 4.76. The van der Waals surface area contributed by atoms with Crippen molar-refractivity contribution >= 4 is 16.3 Å². The second-order valence-electron chi connectivity index (χ2n) is 2.43. The molecule has 1 rings (SSSR count). The van der Waals surface area contributed by atoms with Crippen LogP contribution < -0.4 is 4.90 Å². The van der Waals surface area contributed by atoms with E-state index in [0.717, 1.165) is 13.1 Å². The molecule has 1 nitrogen and oxygen atoms in total. The smallest absolute Gasteiger partial charge is 0.0914 e. The van der Waals surface area contributed by atoms with E-state index in [2.05, 4.69) is 35.6 Å². The van der Waals surface area contributed by atoms with Crippen LogP contribution in [0, 0.1) is 0 Å². The summed E-state index contributed by atoms with van der Waals surface area (Å²) in [5, 5.41) is 3.35. The van der Waals surface area contributed by atoms with Crippen LogP contribution in [0.2, 0.25) is 0 Å². The Morgan fingerprint density at radius 1 is 1.33 bits per heavy atom. The van der Waals surface area contributed by atoms with Gasteiger partial charge >= 0.3 is 0 Å². The fourth-order valence-electron chi connectivity index (χ4n) is 1.02. The van der Waals surface area contributed by atoms with Crippen molar-refractivity contribution in [1.82, 2.24) is 0 Å². The van der Waals surface area contributed by atoms with Crippen molar-refractivity contribution in [2.75, 3.05) is 18.0 Å². The maximum Gasteiger partial charge on any atom is 0.0914 e. The highest BCUT2D eigenvalue weighted by atomic mass is 32.1. The summed E-state index contributed by atoms with van der Waals surface area (Å²) in [5.41, 5.74) is 0. The van der Waals surface area contributed by atoms with Crippen molar-refractivity contribution in [2.45, 2.75) is 0 Å². The molecule has 0 saturated carbocycles. The van der Waals surface area contributed by atoms with Crippen LogP contribution in [0.25, 0.3) is 0 Å². The van der Waals surface area contributed by atoms with Gasteiger partial charge in [0.2, 0.25) is 0 Å². The van der Waals surface area contributed by atoms with Crippen molar-refractivity contribution in [3.8, 4) is 0 Å². The first-order chi connectivity index (χ1) is 5.88. The molecule has 0 aliphatic heterocycles. The molecular weight excluding hydrogens is 166 g/mol. The second kappa shape index (κ2) is 4.78. The molecule has 64 valence electrons. The number of thiophene rings is 1. The molecule has 0 bridgehead atoms. The molecule has 0 aliphatic carbocycles. The minimum absolute atomic E-state index is 0.881. The maximum absolute atomic E-state index is 3.72. The Morgan fingerprint density at radius 3 is 2.42 bits per heavy atom. The van der Waals surface area contributed by atoms with Crippen molar-refractivity contribution in [1.29, 1.82) is 0 Å². The third kappa shape index (κ3) is 2.24. The average Bonchev–Trinajstić information content (AvgIpc) is 2.56. The molecule has 0 fully saturated rings. The number of anilines is 1. The molecule has 0 aromatic carbocycles. The van der Waals surface area contributed by atoms with E-state index >= 15 is 0 Å². The van der Waals surface area contributed by atoms with Gasteiger partial charge < -0.3 is 4.90 Å². The van der Waals surface area contributed by atoms with Crippen LogP contribution in [0.5, 0.6) is 0 Å². The summed E-state index contributed by atoms with van der Waals surface area (Å²) < 4.78 is 0. The quantitative estimate of drug-likeness (QED) is 0.628. The van der Waals surface area contributed by atoms with Gasteiger partial charge in [0.1, 0.15) is 0 Å². The van der Waals surface area contributed by atoms with Crippen LogP contribution in [0.1, 0.15) is 0 Å². The van der Waals surface area contributed by atoms with Crippen molar-refractivity contribution in [3.05, 3.63) is 42.8 Å². The van der Waals surface area contributed by atoms with Crippen molar-refractivity contribution in [2.24, 2.45) is 0 Å². The van der Waals surface area contributed by atoms with E-state index < -0.39 is 0 Å². The van der Waals surface area contributed by atoms with E-state index in [4.69, 9.17) is 0 Å². The Hall–Kier alpha value is -1.02. The minimum Gasteiger partial charge on any atom is -0.356 e. The van der Waals surface area contributed by atoms with Crippen LogP contribution in [-0.2, 0) is 0 Å². The SMILES string of the molecule is C=CCN(CC=C)c1cccs1. The number of rotatable bonds is 5. The number of hydrogen-bond acceptors (Lipinski definition) is 2. The summed E-state index contributed by atoms with van der Waals surface area (Å²) in [6.07, 6.45) is 3.81. The molecule has 0 spiro atoms. The van der Waals surface area contributed by atoms with E-state index in [1.54, 1.807) is 11.3 Å². The summed E-state index contributed by atoms with van der Waals surface area (Å²) in [6, 6.07) is 4.16. The van der Waals surface area contributed by atoms with Crippen molar-refractivity contribution < 1.29 is 0 Å². The topological polar surface area (TPSA) is 3.24 Å². The van der Waals surface area contributed by atoms with Gasteiger partial charge in [0.15, 0.2) is 0 Å². The Morgan fingerprint density at radius 2 is 2.00 bits per heavy atom. The molecule has 12 heavy (non-hydrogen) atoms. The predicted octanol–water partition coefficient (Wildman–Crippen LogP) is 2.93. The van der Waals surface area contributed by atoms with Gasteiger partial charge in [-0.15, -0.1) is 24.5 Å². The Balaban J connectivity index is 2.65. The fourth-order valence-corrected chi connectivity index (χ4v) is 1.77. The lowest BCUT2D eigenvalue weighted by Gasteiger charge is -2.18. The molecule has 1 aromatic rings. The van der Waals surface area contributed by atoms with Gasteiger partial charge in [0.25, 0.3) is 0 Å². The van der Waals surface area contributed by atoms with Crippen molar-refractivity contribution in [3.63, 3.8) is 0 Å². The van der Waals surface area contributed by atoms with E-state index in [-0.39, 0.29) is 0 Å². The summed E-state index contributed by atoms with van der Waals surface area (Å²) >= 11 is 1.74. The molecule has 1 heterocycles. The summed E-state index contributed by atoms with van der Waals surface area (Å²) in [4.78, 5) is 2.23. The van der Waals surface area contributed by atoms with Crippen LogP contribution in [0.3, 0.4) is 0 Å². The van der Waals surface area contributed by atoms with Gasteiger partial charge in [0.05, 0.1) is 5.00 Å². The maximum atomic E-state index is 3.72. The van der Waals surface area contributed by atoms with Crippen LogP contribution >= 0.6 is 11.3 Å². The van der Waals surface area contributed by atoms with Crippen LogP contribution in [0.15, 0.2) is 42.8 Å². The lowest BCUT2D eigenvalue weighted by atomic mass is 10.4. The molecule has 0 atom stereocenters. The average molecular weight is 179 g/mol. The van der Waals surface area contributed by atoms with Crippen LogP contribution in [0.4, 0.5) is 5.00 Å². The molecule has 0 unspecified atom stereocenters. The molecule has 2 heteroatoms. The fraction of sp³-hybridized carbons (Fsp3) is 0.200. The molecular formula is C10H13NS. The van der Waals surface area contributed by atoms with E-state index in [9.17, 15) is 0 Å². The molecule has 0 aliphatic rings. The zero-order valence-electron chi connectivity index (χ0n) is 7.07. The zero-order chi connectivity index (χ0) is 8.81. The van der Waals surface area contributed by atoms with Gasteiger partial charge in [-0.25, -0.2) is 0 Å². The standard InChI is InChI=1S/C10H13NS/c1-3-7-11(8-4-2)10-6-5-9-12-10/h3-6,9H,1-2,7-8H2. The Kier molecular flexibility index (Phi) is 3.61. The largest absolute Gasteiger partial charge is 0.356 e.